The molecule has 3 rings (SSSR count). The number of halogens is 1. The highest BCUT2D eigenvalue weighted by Crippen LogP contribution is 2.35. The van der Waals surface area contributed by atoms with E-state index < -0.39 is 0 Å². The lowest BCUT2D eigenvalue weighted by Gasteiger charge is -2.28. The SMILES string of the molecule is CN1CCC(Sc2c[nH]c3ccc(I)cc23)CC1. The Balaban J connectivity index is 1.80. The lowest BCUT2D eigenvalue weighted by atomic mass is 10.1. The van der Waals surface area contributed by atoms with Crippen molar-refractivity contribution in [3.63, 3.8) is 0 Å². The number of aromatic amines is 1. The number of nitrogens with zero attached hydrogens (tertiary/aromatic N) is 1. The van der Waals surface area contributed by atoms with Gasteiger partial charge in [0.2, 0.25) is 0 Å². The minimum atomic E-state index is 0.776. The van der Waals surface area contributed by atoms with Crippen molar-refractivity contribution in [2.75, 3.05) is 20.1 Å². The topological polar surface area (TPSA) is 19.0 Å². The molecule has 0 aliphatic carbocycles. The van der Waals surface area contributed by atoms with Crippen molar-refractivity contribution >= 4 is 45.3 Å². The van der Waals surface area contributed by atoms with Gasteiger partial charge in [0.1, 0.15) is 0 Å². The zero-order chi connectivity index (χ0) is 12.5. The maximum atomic E-state index is 3.38. The molecule has 2 heterocycles. The first-order valence-corrected chi connectivity index (χ1v) is 8.30. The van der Waals surface area contributed by atoms with E-state index in [0.717, 1.165) is 5.25 Å². The van der Waals surface area contributed by atoms with Crippen molar-refractivity contribution in [1.82, 2.24) is 9.88 Å². The molecule has 0 spiro atoms. The summed E-state index contributed by atoms with van der Waals surface area (Å²) in [5.41, 5.74) is 1.26. The number of rotatable bonds is 2. The van der Waals surface area contributed by atoms with Crippen molar-refractivity contribution in [2.24, 2.45) is 0 Å². The summed E-state index contributed by atoms with van der Waals surface area (Å²) in [6, 6.07) is 6.61. The third-order valence-corrected chi connectivity index (χ3v) is 5.63. The maximum absolute atomic E-state index is 3.38. The molecule has 96 valence electrons. The molecular weight excluding hydrogens is 355 g/mol. The molecule has 1 aliphatic rings. The Bertz CT molecular complexity index is 544. The van der Waals surface area contributed by atoms with Crippen LogP contribution in [0.3, 0.4) is 0 Å². The normalized spacial score (nSPS) is 18.6. The number of hydrogen-bond donors (Lipinski definition) is 1. The molecule has 18 heavy (non-hydrogen) atoms. The Labute approximate surface area is 126 Å². The lowest BCUT2D eigenvalue weighted by molar-refractivity contribution is 0.282. The summed E-state index contributed by atoms with van der Waals surface area (Å²) in [5.74, 6) is 0. The third kappa shape index (κ3) is 2.70. The summed E-state index contributed by atoms with van der Waals surface area (Å²) in [7, 11) is 2.22. The van der Waals surface area contributed by atoms with Crippen molar-refractivity contribution in [2.45, 2.75) is 23.0 Å². The monoisotopic (exact) mass is 372 g/mol. The van der Waals surface area contributed by atoms with E-state index in [9.17, 15) is 0 Å². The molecule has 1 N–H and O–H groups in total. The van der Waals surface area contributed by atoms with Gasteiger partial charge in [0.15, 0.2) is 0 Å². The fraction of sp³-hybridized carbons (Fsp3) is 0.429. The molecule has 0 bridgehead atoms. The fourth-order valence-electron chi connectivity index (χ4n) is 2.45. The first-order chi connectivity index (χ1) is 8.72. The lowest BCUT2D eigenvalue weighted by Crippen LogP contribution is -2.31. The second kappa shape index (κ2) is 5.43. The summed E-state index contributed by atoms with van der Waals surface area (Å²) in [5, 5.41) is 2.16. The average molecular weight is 372 g/mol. The smallest absolute Gasteiger partial charge is 0.0466 e. The average Bonchev–Trinajstić information content (AvgIpc) is 2.75. The van der Waals surface area contributed by atoms with E-state index in [2.05, 4.69) is 75.7 Å². The molecule has 1 aliphatic heterocycles. The second-order valence-electron chi connectivity index (χ2n) is 4.96. The number of hydrogen-bond acceptors (Lipinski definition) is 2. The molecule has 2 nitrogen and oxygen atoms in total. The van der Waals surface area contributed by atoms with E-state index in [1.54, 1.807) is 0 Å². The largest absolute Gasteiger partial charge is 0.360 e. The van der Waals surface area contributed by atoms with Crippen molar-refractivity contribution in [3.05, 3.63) is 28.0 Å². The molecule has 4 heteroatoms. The van der Waals surface area contributed by atoms with E-state index in [0.29, 0.717) is 0 Å². The molecule has 0 atom stereocenters. The van der Waals surface area contributed by atoms with Crippen LogP contribution in [0.5, 0.6) is 0 Å². The zero-order valence-corrected chi connectivity index (χ0v) is 13.4. The summed E-state index contributed by atoms with van der Waals surface area (Å²) in [6.45, 7) is 2.47. The van der Waals surface area contributed by atoms with Crippen LogP contribution in [0.25, 0.3) is 10.9 Å². The number of thioether (sulfide) groups is 1. The molecule has 0 radical (unpaired) electrons. The van der Waals surface area contributed by atoms with Crippen LogP contribution < -0.4 is 0 Å². The molecule has 0 saturated carbocycles. The molecular formula is C14H17IN2S. The number of benzene rings is 1. The van der Waals surface area contributed by atoms with Crippen LogP contribution in [0.15, 0.2) is 29.3 Å². The standard InChI is InChI=1S/C14H17IN2S/c1-17-6-4-11(5-7-17)18-14-9-16-13-3-2-10(15)8-12(13)14/h2-3,8-9,11,16H,4-7H2,1H3. The Morgan fingerprint density at radius 3 is 2.89 bits per heavy atom. The number of likely N-dealkylation sites (tertiary alicyclic amines) is 1. The van der Waals surface area contributed by atoms with Crippen molar-refractivity contribution in [1.29, 1.82) is 0 Å². The van der Waals surface area contributed by atoms with E-state index in [1.807, 2.05) is 0 Å². The highest BCUT2D eigenvalue weighted by molar-refractivity contribution is 14.1. The van der Waals surface area contributed by atoms with Crippen LogP contribution in [-0.2, 0) is 0 Å². The van der Waals surface area contributed by atoms with Crippen molar-refractivity contribution < 1.29 is 0 Å². The summed E-state index contributed by atoms with van der Waals surface area (Å²) in [6.07, 6.45) is 4.78. The van der Waals surface area contributed by atoms with Crippen molar-refractivity contribution in [3.8, 4) is 0 Å². The Hall–Kier alpha value is -0.200. The highest BCUT2D eigenvalue weighted by atomic mass is 127. The number of fused-ring (bicyclic) bond motifs is 1. The van der Waals surface area contributed by atoms with Crippen LogP contribution >= 0.6 is 34.4 Å². The second-order valence-corrected chi connectivity index (χ2v) is 7.55. The van der Waals surface area contributed by atoms with Crippen LogP contribution in [0.1, 0.15) is 12.8 Å². The summed E-state index contributed by atoms with van der Waals surface area (Å²) < 4.78 is 1.31. The molecule has 1 fully saturated rings. The third-order valence-electron chi connectivity index (χ3n) is 3.57. The van der Waals surface area contributed by atoms with E-state index >= 15 is 0 Å². The number of piperidine rings is 1. The van der Waals surface area contributed by atoms with Gasteiger partial charge in [0, 0.05) is 30.8 Å². The molecule has 1 aromatic heterocycles. The van der Waals surface area contributed by atoms with Gasteiger partial charge in [-0.15, -0.1) is 11.8 Å². The van der Waals surface area contributed by atoms with Gasteiger partial charge >= 0.3 is 0 Å². The van der Waals surface area contributed by atoms with Crippen LogP contribution in [0.2, 0.25) is 0 Å². The number of aromatic nitrogens is 1. The zero-order valence-electron chi connectivity index (χ0n) is 10.4. The van der Waals surface area contributed by atoms with E-state index in [1.165, 1.54) is 45.3 Å². The molecule has 1 aromatic carbocycles. The first-order valence-electron chi connectivity index (χ1n) is 6.34. The van der Waals surface area contributed by atoms with Crippen LogP contribution in [0, 0.1) is 3.57 Å². The molecule has 2 aromatic rings. The van der Waals surface area contributed by atoms with E-state index in [4.69, 9.17) is 0 Å². The van der Waals surface area contributed by atoms with Crippen LogP contribution in [-0.4, -0.2) is 35.3 Å². The number of nitrogens with one attached hydrogen (secondary N) is 1. The predicted octanol–water partition coefficient (Wildman–Crippen LogP) is 3.96. The fourth-order valence-corrected chi connectivity index (χ4v) is 4.17. The Morgan fingerprint density at radius 1 is 1.33 bits per heavy atom. The molecule has 0 amide bonds. The van der Waals surface area contributed by atoms with Gasteiger partial charge in [-0.05, 0) is 73.8 Å². The van der Waals surface area contributed by atoms with E-state index in [-0.39, 0.29) is 0 Å². The van der Waals surface area contributed by atoms with Gasteiger partial charge in [0.05, 0.1) is 0 Å². The van der Waals surface area contributed by atoms with Gasteiger partial charge in [0.25, 0.3) is 0 Å². The minimum Gasteiger partial charge on any atom is -0.360 e. The van der Waals surface area contributed by atoms with Gasteiger partial charge in [-0.25, -0.2) is 0 Å². The summed E-state index contributed by atoms with van der Waals surface area (Å²) in [4.78, 5) is 7.22. The van der Waals surface area contributed by atoms with Gasteiger partial charge in [-0.2, -0.15) is 0 Å². The quantitative estimate of drug-likeness (QED) is 0.805. The summed E-state index contributed by atoms with van der Waals surface area (Å²) >= 11 is 4.44. The van der Waals surface area contributed by atoms with Gasteiger partial charge < -0.3 is 9.88 Å². The first kappa shape index (κ1) is 12.8. The Morgan fingerprint density at radius 2 is 2.11 bits per heavy atom. The molecule has 0 unspecified atom stereocenters. The molecule has 1 saturated heterocycles. The minimum absolute atomic E-state index is 0.776. The van der Waals surface area contributed by atoms with Gasteiger partial charge in [-0.3, -0.25) is 0 Å². The predicted molar refractivity (Wildman–Crippen MR) is 87.4 cm³/mol. The highest BCUT2D eigenvalue weighted by Gasteiger charge is 2.18. The number of H-pyrrole nitrogens is 1. The Kier molecular flexibility index (Phi) is 3.86. The maximum Gasteiger partial charge on any atom is 0.0466 e. The van der Waals surface area contributed by atoms with Crippen LogP contribution in [0.4, 0.5) is 0 Å². The van der Waals surface area contributed by atoms with Gasteiger partial charge in [-0.1, -0.05) is 0 Å².